The van der Waals surface area contributed by atoms with Crippen molar-refractivity contribution in [1.82, 2.24) is 0 Å². The molecular formula is C12H27NSi. The van der Waals surface area contributed by atoms with Crippen LogP contribution in [0.4, 0.5) is 0 Å². The summed E-state index contributed by atoms with van der Waals surface area (Å²) >= 11 is 0. The molecule has 1 nitrogen and oxygen atoms in total. The van der Waals surface area contributed by atoms with E-state index in [9.17, 15) is 0 Å². The lowest BCUT2D eigenvalue weighted by atomic mass is 9.87. The quantitative estimate of drug-likeness (QED) is 0.698. The third-order valence-corrected chi connectivity index (χ3v) is 7.57. The zero-order valence-corrected chi connectivity index (χ0v) is 11.1. The van der Waals surface area contributed by atoms with Gasteiger partial charge in [0.1, 0.15) is 0 Å². The predicted octanol–water partition coefficient (Wildman–Crippen LogP) is 3.09. The molecule has 14 heavy (non-hydrogen) atoms. The summed E-state index contributed by atoms with van der Waals surface area (Å²) in [5.41, 5.74) is 6.94. The molecule has 0 aliphatic heterocycles. The molecule has 84 valence electrons. The average Bonchev–Trinajstić information content (AvgIpc) is 2.21. The zero-order chi connectivity index (χ0) is 10.4. The SMILES string of the molecule is CC[SiH](CC)C(N)CC1CCCCC1. The third-order valence-electron chi connectivity index (χ3n) is 3.98. The van der Waals surface area contributed by atoms with Gasteiger partial charge in [-0.1, -0.05) is 58.0 Å². The Kier molecular flexibility index (Phi) is 5.79. The standard InChI is InChI=1S/C12H27NSi/c1-3-14(4-2)12(13)10-11-8-6-5-7-9-11/h11-12,14H,3-10,13H2,1-2H3. The Labute approximate surface area is 91.1 Å². The van der Waals surface area contributed by atoms with Crippen LogP contribution in [0.5, 0.6) is 0 Å². The van der Waals surface area contributed by atoms with Crippen molar-refractivity contribution in [1.29, 1.82) is 0 Å². The highest BCUT2D eigenvalue weighted by Gasteiger charge is 2.21. The first-order valence-electron chi connectivity index (χ1n) is 6.53. The Morgan fingerprint density at radius 2 is 1.71 bits per heavy atom. The molecule has 0 bridgehead atoms. The second kappa shape index (κ2) is 6.62. The third kappa shape index (κ3) is 3.74. The van der Waals surface area contributed by atoms with E-state index in [1.54, 1.807) is 0 Å². The Hall–Kier alpha value is 0.177. The van der Waals surface area contributed by atoms with E-state index in [0.29, 0.717) is 5.67 Å². The van der Waals surface area contributed by atoms with Gasteiger partial charge in [-0.15, -0.1) is 0 Å². The van der Waals surface area contributed by atoms with Crippen LogP contribution in [0, 0.1) is 5.92 Å². The lowest BCUT2D eigenvalue weighted by Gasteiger charge is -2.27. The van der Waals surface area contributed by atoms with Crippen molar-refractivity contribution in [3.63, 3.8) is 0 Å². The highest BCUT2D eigenvalue weighted by molar-refractivity contribution is 6.60. The molecule has 2 N–H and O–H groups in total. The van der Waals surface area contributed by atoms with Crippen molar-refractivity contribution >= 4 is 8.80 Å². The Morgan fingerprint density at radius 1 is 1.14 bits per heavy atom. The summed E-state index contributed by atoms with van der Waals surface area (Å²) in [5.74, 6) is 0.979. The van der Waals surface area contributed by atoms with Gasteiger partial charge >= 0.3 is 0 Å². The normalized spacial score (nSPS) is 21.4. The lowest BCUT2D eigenvalue weighted by Crippen LogP contribution is -2.39. The number of hydrogen-bond donors (Lipinski definition) is 1. The molecule has 0 spiro atoms. The van der Waals surface area contributed by atoms with Gasteiger partial charge in [0.2, 0.25) is 0 Å². The fraction of sp³-hybridized carbons (Fsp3) is 1.00. The number of nitrogens with two attached hydrogens (primary N) is 1. The molecular weight excluding hydrogens is 186 g/mol. The first-order valence-corrected chi connectivity index (χ1v) is 8.83. The fourth-order valence-electron chi connectivity index (χ4n) is 2.89. The topological polar surface area (TPSA) is 26.0 Å². The molecule has 0 radical (unpaired) electrons. The number of rotatable bonds is 5. The first-order chi connectivity index (χ1) is 6.77. The Bertz CT molecular complexity index is 139. The molecule has 1 fully saturated rings. The van der Waals surface area contributed by atoms with E-state index in [1.165, 1.54) is 50.6 Å². The largest absolute Gasteiger partial charge is 0.331 e. The maximum Gasteiger partial charge on any atom is 0.0558 e. The lowest BCUT2D eigenvalue weighted by molar-refractivity contribution is 0.334. The molecule has 2 heteroatoms. The summed E-state index contributed by atoms with van der Waals surface area (Å²) in [5, 5.41) is 0. The van der Waals surface area contributed by atoms with E-state index in [-0.39, 0.29) is 0 Å². The summed E-state index contributed by atoms with van der Waals surface area (Å²) in [6, 6.07) is 2.79. The molecule has 1 unspecified atom stereocenters. The molecule has 1 saturated carbocycles. The highest BCUT2D eigenvalue weighted by Crippen LogP contribution is 2.27. The van der Waals surface area contributed by atoms with E-state index in [0.717, 1.165) is 5.92 Å². The smallest absolute Gasteiger partial charge is 0.0558 e. The molecule has 0 heterocycles. The minimum atomic E-state index is -0.579. The van der Waals surface area contributed by atoms with Gasteiger partial charge in [-0.2, -0.15) is 0 Å². The second-order valence-electron chi connectivity index (χ2n) is 4.98. The molecule has 1 aliphatic carbocycles. The maximum atomic E-state index is 6.33. The van der Waals surface area contributed by atoms with Gasteiger partial charge in [0.25, 0.3) is 0 Å². The summed E-state index contributed by atoms with van der Waals surface area (Å²) in [6.07, 6.45) is 8.65. The van der Waals surface area contributed by atoms with Crippen molar-refractivity contribution in [2.24, 2.45) is 11.7 Å². The van der Waals surface area contributed by atoms with Crippen LogP contribution in [0.3, 0.4) is 0 Å². The van der Waals surface area contributed by atoms with Gasteiger partial charge in [0, 0.05) is 0 Å². The van der Waals surface area contributed by atoms with Crippen molar-refractivity contribution < 1.29 is 0 Å². The fourth-order valence-corrected chi connectivity index (χ4v) is 5.45. The molecule has 1 aliphatic rings. The van der Waals surface area contributed by atoms with Gasteiger partial charge < -0.3 is 5.73 Å². The van der Waals surface area contributed by atoms with Crippen LogP contribution < -0.4 is 5.73 Å². The summed E-state index contributed by atoms with van der Waals surface area (Å²) in [4.78, 5) is 0. The van der Waals surface area contributed by atoms with E-state index in [4.69, 9.17) is 5.73 Å². The number of hydrogen-bond acceptors (Lipinski definition) is 1. The first kappa shape index (κ1) is 12.2. The summed E-state index contributed by atoms with van der Waals surface area (Å²) in [7, 11) is -0.579. The van der Waals surface area contributed by atoms with Crippen molar-refractivity contribution in [3.8, 4) is 0 Å². The van der Waals surface area contributed by atoms with E-state index in [2.05, 4.69) is 13.8 Å². The summed E-state index contributed by atoms with van der Waals surface area (Å²) in [6.45, 7) is 4.67. The zero-order valence-electron chi connectivity index (χ0n) is 9.97. The van der Waals surface area contributed by atoms with Crippen molar-refractivity contribution in [2.45, 2.75) is 70.1 Å². The molecule has 0 saturated heterocycles. The van der Waals surface area contributed by atoms with E-state index < -0.39 is 8.80 Å². The summed E-state index contributed by atoms with van der Waals surface area (Å²) < 4.78 is 0. The molecule has 1 rings (SSSR count). The molecule has 1 atom stereocenters. The van der Waals surface area contributed by atoms with Crippen LogP contribution in [0.2, 0.25) is 12.1 Å². The van der Waals surface area contributed by atoms with Crippen LogP contribution in [-0.2, 0) is 0 Å². The average molecular weight is 213 g/mol. The van der Waals surface area contributed by atoms with E-state index in [1.807, 2.05) is 0 Å². The van der Waals surface area contributed by atoms with Gasteiger partial charge in [-0.25, -0.2) is 0 Å². The molecule has 0 aromatic rings. The minimum Gasteiger partial charge on any atom is -0.331 e. The van der Waals surface area contributed by atoms with Crippen LogP contribution in [0.25, 0.3) is 0 Å². The van der Waals surface area contributed by atoms with Crippen LogP contribution in [0.15, 0.2) is 0 Å². The van der Waals surface area contributed by atoms with Gasteiger partial charge in [-0.3, -0.25) is 0 Å². The van der Waals surface area contributed by atoms with Crippen LogP contribution in [0.1, 0.15) is 52.4 Å². The van der Waals surface area contributed by atoms with Gasteiger partial charge in [0.05, 0.1) is 8.80 Å². The van der Waals surface area contributed by atoms with E-state index >= 15 is 0 Å². The molecule has 0 aromatic heterocycles. The highest BCUT2D eigenvalue weighted by atomic mass is 28.3. The molecule has 0 amide bonds. The van der Waals surface area contributed by atoms with Crippen LogP contribution in [-0.4, -0.2) is 14.5 Å². The minimum absolute atomic E-state index is 0.579. The maximum absolute atomic E-state index is 6.33. The van der Waals surface area contributed by atoms with Crippen LogP contribution >= 0.6 is 0 Å². The Balaban J connectivity index is 2.26. The monoisotopic (exact) mass is 213 g/mol. The Morgan fingerprint density at radius 3 is 2.21 bits per heavy atom. The van der Waals surface area contributed by atoms with Crippen molar-refractivity contribution in [2.75, 3.05) is 0 Å². The van der Waals surface area contributed by atoms with Crippen molar-refractivity contribution in [3.05, 3.63) is 0 Å². The van der Waals surface area contributed by atoms with Gasteiger partial charge in [0.15, 0.2) is 0 Å². The second-order valence-corrected chi connectivity index (χ2v) is 8.99. The van der Waals surface area contributed by atoms with Gasteiger partial charge in [-0.05, 0) is 18.0 Å². The predicted molar refractivity (Wildman–Crippen MR) is 67.3 cm³/mol. The molecule has 0 aromatic carbocycles.